The third-order valence-corrected chi connectivity index (χ3v) is 3.12. The van der Waals surface area contributed by atoms with E-state index in [2.05, 4.69) is 16.7 Å². The van der Waals surface area contributed by atoms with E-state index in [0.717, 1.165) is 6.04 Å². The first-order valence-corrected chi connectivity index (χ1v) is 4.56. The molecule has 0 N–H and O–H groups in total. The van der Waals surface area contributed by atoms with E-state index in [1.807, 2.05) is 11.8 Å². The molecule has 52 valence electrons. The molecule has 3 unspecified atom stereocenters. The number of hydrogen-bond acceptors (Lipinski definition) is 3. The molecule has 0 aromatic heterocycles. The van der Waals surface area contributed by atoms with E-state index >= 15 is 0 Å². The molecule has 2 heterocycles. The van der Waals surface area contributed by atoms with E-state index in [1.54, 1.807) is 0 Å². The molecule has 2 nitrogen and oxygen atoms in total. The summed E-state index contributed by atoms with van der Waals surface area (Å²) in [7, 11) is 0. The van der Waals surface area contributed by atoms with Crippen LogP contribution in [0.3, 0.4) is 0 Å². The summed E-state index contributed by atoms with van der Waals surface area (Å²) in [4.78, 5) is 5.02. The van der Waals surface area contributed by atoms with Gasteiger partial charge in [-0.1, -0.05) is 0 Å². The van der Waals surface area contributed by atoms with E-state index in [1.165, 1.54) is 25.0 Å². The van der Waals surface area contributed by atoms with Crippen molar-refractivity contribution in [1.29, 1.82) is 0 Å². The van der Waals surface area contributed by atoms with Crippen molar-refractivity contribution in [3.05, 3.63) is 0 Å². The van der Waals surface area contributed by atoms with Gasteiger partial charge in [0.1, 0.15) is 0 Å². The van der Waals surface area contributed by atoms with Crippen LogP contribution >= 0.6 is 11.8 Å². The first kappa shape index (κ1) is 6.01. The first-order chi connectivity index (χ1) is 4.36. The fraction of sp³-hybridized carbons (Fsp3) is 1.00. The summed E-state index contributed by atoms with van der Waals surface area (Å²) in [5, 5.41) is 0. The molecule has 9 heavy (non-hydrogen) atoms. The van der Waals surface area contributed by atoms with Crippen LogP contribution in [-0.2, 0) is 0 Å². The van der Waals surface area contributed by atoms with E-state index in [-0.39, 0.29) is 0 Å². The zero-order chi connectivity index (χ0) is 6.27. The predicted octanol–water partition coefficient (Wildman–Crippen LogP) is 0.612. The third kappa shape index (κ3) is 0.974. The predicted molar refractivity (Wildman–Crippen MR) is 40.2 cm³/mol. The molecule has 0 saturated carbocycles. The molecule has 3 atom stereocenters. The molecule has 0 aliphatic carbocycles. The Balaban J connectivity index is 2.07. The molecule has 2 bridgehead atoms. The smallest absolute Gasteiger partial charge is 0.0525 e. The Labute approximate surface area is 60.2 Å². The zero-order valence-corrected chi connectivity index (χ0v) is 6.52. The minimum Gasteiger partial charge on any atom is -0.280 e. The highest BCUT2D eigenvalue weighted by atomic mass is 32.2. The quantitative estimate of drug-likeness (QED) is 0.492. The van der Waals surface area contributed by atoms with Gasteiger partial charge in [0.05, 0.1) is 6.67 Å². The number of fused-ring (bicyclic) bond motifs is 2. The molecule has 2 rings (SSSR count). The average Bonchev–Trinajstić information content (AvgIpc) is 2.09. The summed E-state index contributed by atoms with van der Waals surface area (Å²) in [6, 6.07) is 0.806. The molecule has 0 amide bonds. The molecule has 2 aliphatic rings. The molecule has 0 spiro atoms. The second-order valence-corrected chi connectivity index (χ2v) is 3.82. The lowest BCUT2D eigenvalue weighted by atomic mass is 10.3. The lowest BCUT2D eigenvalue weighted by molar-refractivity contribution is 0.265. The van der Waals surface area contributed by atoms with Crippen molar-refractivity contribution in [3.8, 4) is 0 Å². The van der Waals surface area contributed by atoms with E-state index in [4.69, 9.17) is 0 Å². The van der Waals surface area contributed by atoms with Gasteiger partial charge in [0.25, 0.3) is 0 Å². The van der Waals surface area contributed by atoms with Crippen LogP contribution in [0.15, 0.2) is 0 Å². The Bertz CT molecular complexity index is 116. The number of rotatable bonds is 0. The van der Waals surface area contributed by atoms with Crippen LogP contribution in [0, 0.1) is 0 Å². The Morgan fingerprint density at radius 2 is 2.33 bits per heavy atom. The maximum absolute atomic E-state index is 2.52. The van der Waals surface area contributed by atoms with Crippen LogP contribution in [0.5, 0.6) is 0 Å². The van der Waals surface area contributed by atoms with Gasteiger partial charge in [-0.2, -0.15) is 0 Å². The van der Waals surface area contributed by atoms with Crippen LogP contribution in [0.1, 0.15) is 6.92 Å². The van der Waals surface area contributed by atoms with Gasteiger partial charge in [-0.3, -0.25) is 9.80 Å². The van der Waals surface area contributed by atoms with Crippen LogP contribution in [0.25, 0.3) is 0 Å². The SMILES string of the molecule is CC1CN2CSCN1C2. The zero-order valence-electron chi connectivity index (χ0n) is 5.71. The Kier molecular flexibility index (Phi) is 1.43. The topological polar surface area (TPSA) is 6.48 Å². The summed E-state index contributed by atoms with van der Waals surface area (Å²) >= 11 is 2.03. The van der Waals surface area contributed by atoms with Crippen molar-refractivity contribution >= 4 is 11.8 Å². The second kappa shape index (κ2) is 2.15. The third-order valence-electron chi connectivity index (χ3n) is 2.06. The number of thioether (sulfide) groups is 1. The van der Waals surface area contributed by atoms with Gasteiger partial charge < -0.3 is 0 Å². The van der Waals surface area contributed by atoms with Gasteiger partial charge in [-0.25, -0.2) is 0 Å². The summed E-state index contributed by atoms with van der Waals surface area (Å²) in [6.45, 7) is 4.81. The first-order valence-electron chi connectivity index (χ1n) is 3.40. The fourth-order valence-electron chi connectivity index (χ4n) is 1.49. The molecule has 2 saturated heterocycles. The highest BCUT2D eigenvalue weighted by molar-refractivity contribution is 7.99. The lowest BCUT2D eigenvalue weighted by Crippen LogP contribution is -2.32. The molecule has 3 heteroatoms. The molecule has 2 fully saturated rings. The fourth-order valence-corrected chi connectivity index (χ4v) is 2.59. The van der Waals surface area contributed by atoms with Crippen molar-refractivity contribution < 1.29 is 0 Å². The molecule has 0 radical (unpaired) electrons. The van der Waals surface area contributed by atoms with Crippen molar-refractivity contribution in [1.82, 2.24) is 9.80 Å². The van der Waals surface area contributed by atoms with Gasteiger partial charge in [0, 0.05) is 24.3 Å². The van der Waals surface area contributed by atoms with Crippen LogP contribution in [0.2, 0.25) is 0 Å². The van der Waals surface area contributed by atoms with Crippen molar-refractivity contribution in [2.24, 2.45) is 0 Å². The largest absolute Gasteiger partial charge is 0.280 e. The maximum atomic E-state index is 2.52. The van der Waals surface area contributed by atoms with E-state index in [9.17, 15) is 0 Å². The molecule has 0 aromatic rings. The lowest BCUT2D eigenvalue weighted by Gasteiger charge is -2.24. The average molecular weight is 144 g/mol. The van der Waals surface area contributed by atoms with E-state index in [0.29, 0.717) is 0 Å². The minimum absolute atomic E-state index is 0.806. The van der Waals surface area contributed by atoms with Crippen molar-refractivity contribution in [2.75, 3.05) is 25.0 Å². The summed E-state index contributed by atoms with van der Waals surface area (Å²) in [6.07, 6.45) is 0. The molecular weight excluding hydrogens is 132 g/mol. The number of nitrogens with zero attached hydrogens (tertiary/aromatic N) is 2. The maximum Gasteiger partial charge on any atom is 0.0525 e. The monoisotopic (exact) mass is 144 g/mol. The van der Waals surface area contributed by atoms with Gasteiger partial charge in [-0.05, 0) is 6.92 Å². The molecule has 2 aliphatic heterocycles. The van der Waals surface area contributed by atoms with Gasteiger partial charge in [-0.15, -0.1) is 11.8 Å². The Hall–Kier alpha value is 0.270. The van der Waals surface area contributed by atoms with Crippen LogP contribution < -0.4 is 0 Å². The molecular formula is C6H12N2S. The second-order valence-electron chi connectivity index (χ2n) is 2.89. The summed E-state index contributed by atoms with van der Waals surface area (Å²) in [5.74, 6) is 2.50. The van der Waals surface area contributed by atoms with Crippen LogP contribution in [0.4, 0.5) is 0 Å². The summed E-state index contributed by atoms with van der Waals surface area (Å²) < 4.78 is 0. The minimum atomic E-state index is 0.806. The Morgan fingerprint density at radius 3 is 3.00 bits per heavy atom. The summed E-state index contributed by atoms with van der Waals surface area (Å²) in [5.41, 5.74) is 0. The van der Waals surface area contributed by atoms with Gasteiger partial charge in [0.2, 0.25) is 0 Å². The van der Waals surface area contributed by atoms with Crippen molar-refractivity contribution in [3.63, 3.8) is 0 Å². The van der Waals surface area contributed by atoms with Gasteiger partial charge >= 0.3 is 0 Å². The van der Waals surface area contributed by atoms with Crippen molar-refractivity contribution in [2.45, 2.75) is 13.0 Å². The Morgan fingerprint density at radius 1 is 1.44 bits per heavy atom. The highest BCUT2D eigenvalue weighted by Crippen LogP contribution is 2.23. The van der Waals surface area contributed by atoms with Crippen LogP contribution in [-0.4, -0.2) is 40.8 Å². The normalized spacial score (nSPS) is 49.7. The van der Waals surface area contributed by atoms with E-state index < -0.39 is 0 Å². The highest BCUT2D eigenvalue weighted by Gasteiger charge is 2.29. The molecule has 0 aromatic carbocycles. The standard InChI is InChI=1S/C6H12N2S/c1-6-2-7-3-8(6)5-9-4-7/h6H,2-5H2,1H3. The van der Waals surface area contributed by atoms with Gasteiger partial charge in [0.15, 0.2) is 0 Å². The number of hydrogen-bond donors (Lipinski definition) is 0.